The van der Waals surface area contributed by atoms with Gasteiger partial charge in [0.25, 0.3) is 0 Å². The van der Waals surface area contributed by atoms with Crippen molar-refractivity contribution in [2.45, 2.75) is 26.7 Å². The summed E-state index contributed by atoms with van der Waals surface area (Å²) in [5, 5.41) is 2.80. The molecule has 0 heterocycles. The number of benzene rings is 2. The first-order chi connectivity index (χ1) is 13.3. The van der Waals surface area contributed by atoms with Crippen LogP contribution < -0.4 is 14.4 Å². The molecule has 6 nitrogen and oxygen atoms in total. The van der Waals surface area contributed by atoms with Gasteiger partial charge in [0, 0.05) is 13.0 Å². The summed E-state index contributed by atoms with van der Waals surface area (Å²) in [4.78, 5) is 12.0. The zero-order valence-electron chi connectivity index (χ0n) is 16.6. The Bertz CT molecular complexity index is 883. The Labute approximate surface area is 167 Å². The number of ether oxygens (including phenoxy) is 1. The van der Waals surface area contributed by atoms with Crippen LogP contribution in [0.2, 0.25) is 0 Å². The summed E-state index contributed by atoms with van der Waals surface area (Å²) >= 11 is 0. The zero-order valence-corrected chi connectivity index (χ0v) is 17.5. The average Bonchev–Trinajstić information content (AvgIpc) is 2.63. The fourth-order valence-corrected chi connectivity index (χ4v) is 3.83. The minimum atomic E-state index is -3.39. The maximum absolute atomic E-state index is 12.0. The van der Waals surface area contributed by atoms with Crippen molar-refractivity contribution in [2.75, 3.05) is 30.3 Å². The molecule has 0 fully saturated rings. The van der Waals surface area contributed by atoms with Crippen molar-refractivity contribution in [3.05, 3.63) is 59.7 Å². The summed E-state index contributed by atoms with van der Waals surface area (Å²) in [6, 6.07) is 14.9. The van der Waals surface area contributed by atoms with Gasteiger partial charge >= 0.3 is 0 Å². The van der Waals surface area contributed by atoms with Crippen molar-refractivity contribution < 1.29 is 17.9 Å². The Morgan fingerprint density at radius 3 is 2.46 bits per heavy atom. The van der Waals surface area contributed by atoms with E-state index >= 15 is 0 Å². The summed E-state index contributed by atoms with van der Waals surface area (Å²) in [5.41, 5.74) is 2.84. The van der Waals surface area contributed by atoms with E-state index in [1.165, 1.54) is 16.1 Å². The van der Waals surface area contributed by atoms with Crippen LogP contribution in [0.3, 0.4) is 0 Å². The number of carbonyl (C=O) groups excluding carboxylic acids is 1. The molecule has 2 aromatic rings. The van der Waals surface area contributed by atoms with Gasteiger partial charge in [-0.3, -0.25) is 9.10 Å². The molecule has 0 spiro atoms. The quantitative estimate of drug-likeness (QED) is 0.618. The van der Waals surface area contributed by atoms with Crippen LogP contribution in [0.25, 0.3) is 0 Å². The summed E-state index contributed by atoms with van der Waals surface area (Å²) in [7, 11) is -3.39. The molecule has 2 aromatic carbocycles. The molecule has 0 atom stereocenters. The number of nitrogens with one attached hydrogen (secondary N) is 1. The Hall–Kier alpha value is -2.54. The van der Waals surface area contributed by atoms with Gasteiger partial charge in [0.15, 0.2) is 0 Å². The molecule has 0 radical (unpaired) electrons. The number of anilines is 1. The van der Waals surface area contributed by atoms with Crippen molar-refractivity contribution in [1.82, 2.24) is 5.32 Å². The number of sulfonamides is 1. The van der Waals surface area contributed by atoms with E-state index in [2.05, 4.69) is 5.32 Å². The van der Waals surface area contributed by atoms with Crippen LogP contribution in [0.4, 0.5) is 5.69 Å². The van der Waals surface area contributed by atoms with Crippen molar-refractivity contribution in [2.24, 2.45) is 0 Å². The number of nitrogens with zero attached hydrogens (tertiary/aromatic N) is 1. The number of carbonyl (C=O) groups is 1. The Morgan fingerprint density at radius 2 is 1.82 bits per heavy atom. The number of rotatable bonds is 10. The SMILES string of the molecule is Cc1ccc(OCCNC(=O)CCCN(c2ccccc2)S(C)(=O)=O)c(C)c1. The van der Waals surface area contributed by atoms with Gasteiger partial charge in [0.05, 0.1) is 18.5 Å². The minimum absolute atomic E-state index is 0.120. The number of hydrogen-bond donors (Lipinski definition) is 1. The summed E-state index contributed by atoms with van der Waals surface area (Å²) in [6.07, 6.45) is 1.86. The van der Waals surface area contributed by atoms with Crippen LogP contribution in [-0.4, -0.2) is 40.3 Å². The topological polar surface area (TPSA) is 75.7 Å². The monoisotopic (exact) mass is 404 g/mol. The van der Waals surface area contributed by atoms with Crippen LogP contribution in [0.15, 0.2) is 48.5 Å². The molecule has 7 heteroatoms. The lowest BCUT2D eigenvalue weighted by Gasteiger charge is -2.22. The molecule has 2 rings (SSSR count). The van der Waals surface area contributed by atoms with Crippen LogP contribution in [-0.2, 0) is 14.8 Å². The third-order valence-corrected chi connectivity index (χ3v) is 5.42. The molecule has 0 aliphatic rings. The molecule has 0 aromatic heterocycles. The fourth-order valence-electron chi connectivity index (χ4n) is 2.86. The molecule has 0 aliphatic carbocycles. The Morgan fingerprint density at radius 1 is 1.11 bits per heavy atom. The Balaban J connectivity index is 1.73. The van der Waals surface area contributed by atoms with E-state index in [-0.39, 0.29) is 18.9 Å². The molecule has 152 valence electrons. The van der Waals surface area contributed by atoms with Crippen molar-refractivity contribution in [3.63, 3.8) is 0 Å². The predicted molar refractivity (Wildman–Crippen MR) is 112 cm³/mol. The van der Waals surface area contributed by atoms with Crippen molar-refractivity contribution >= 4 is 21.6 Å². The van der Waals surface area contributed by atoms with Crippen LogP contribution in [0.1, 0.15) is 24.0 Å². The molecule has 1 amide bonds. The summed E-state index contributed by atoms with van der Waals surface area (Å²) < 4.78 is 31.0. The van der Waals surface area contributed by atoms with Crippen LogP contribution in [0.5, 0.6) is 5.75 Å². The van der Waals surface area contributed by atoms with E-state index in [1.807, 2.05) is 38.1 Å². The maximum atomic E-state index is 12.0. The number of amides is 1. The van der Waals surface area contributed by atoms with Gasteiger partial charge in [-0.05, 0) is 44.0 Å². The fraction of sp³-hybridized carbons (Fsp3) is 0.381. The van der Waals surface area contributed by atoms with Gasteiger partial charge in [0.1, 0.15) is 12.4 Å². The largest absolute Gasteiger partial charge is 0.491 e. The first-order valence-corrected chi connectivity index (χ1v) is 11.1. The molecule has 0 aliphatic heterocycles. The van der Waals surface area contributed by atoms with Crippen LogP contribution in [0, 0.1) is 13.8 Å². The molecular weight excluding hydrogens is 376 g/mol. The molecule has 0 saturated carbocycles. The summed E-state index contributed by atoms with van der Waals surface area (Å²) in [5.74, 6) is 0.692. The van der Waals surface area contributed by atoms with Gasteiger partial charge in [-0.2, -0.15) is 0 Å². The lowest BCUT2D eigenvalue weighted by atomic mass is 10.1. The van der Waals surface area contributed by atoms with Gasteiger partial charge in [-0.1, -0.05) is 35.9 Å². The lowest BCUT2D eigenvalue weighted by Crippen LogP contribution is -2.32. The predicted octanol–water partition coefficient (Wildman–Crippen LogP) is 3.04. The Kier molecular flexibility index (Phi) is 7.87. The van der Waals surface area contributed by atoms with Gasteiger partial charge < -0.3 is 10.1 Å². The summed E-state index contributed by atoms with van der Waals surface area (Å²) in [6.45, 7) is 5.06. The van der Waals surface area contributed by atoms with E-state index < -0.39 is 10.0 Å². The molecule has 28 heavy (non-hydrogen) atoms. The first kappa shape index (κ1) is 21.8. The van der Waals surface area contributed by atoms with Crippen molar-refractivity contribution in [1.29, 1.82) is 0 Å². The highest BCUT2D eigenvalue weighted by Crippen LogP contribution is 2.19. The van der Waals surface area contributed by atoms with Gasteiger partial charge in [-0.15, -0.1) is 0 Å². The van der Waals surface area contributed by atoms with Gasteiger partial charge in [-0.25, -0.2) is 8.42 Å². The zero-order chi connectivity index (χ0) is 20.6. The van der Waals surface area contributed by atoms with E-state index in [9.17, 15) is 13.2 Å². The molecule has 0 bridgehead atoms. The lowest BCUT2D eigenvalue weighted by molar-refractivity contribution is -0.121. The average molecular weight is 405 g/mol. The normalized spacial score (nSPS) is 11.1. The van der Waals surface area contributed by atoms with E-state index in [0.29, 0.717) is 25.3 Å². The third kappa shape index (κ3) is 6.88. The molecule has 1 N–H and O–H groups in total. The van der Waals surface area contributed by atoms with Gasteiger partial charge in [0.2, 0.25) is 15.9 Å². The third-order valence-electron chi connectivity index (χ3n) is 4.22. The molecular formula is C21H28N2O4S. The number of hydrogen-bond acceptors (Lipinski definition) is 4. The van der Waals surface area contributed by atoms with E-state index in [1.54, 1.807) is 24.3 Å². The van der Waals surface area contributed by atoms with E-state index in [4.69, 9.17) is 4.74 Å². The second-order valence-corrected chi connectivity index (χ2v) is 8.65. The second kappa shape index (κ2) is 10.1. The maximum Gasteiger partial charge on any atom is 0.232 e. The highest BCUT2D eigenvalue weighted by atomic mass is 32.2. The second-order valence-electron chi connectivity index (χ2n) is 6.74. The standard InChI is InChI=1S/C21H28N2O4S/c1-17-11-12-20(18(2)16-17)27-15-13-22-21(24)10-7-14-23(28(3,25)26)19-8-5-4-6-9-19/h4-6,8-9,11-12,16H,7,10,13-15H2,1-3H3,(H,22,24). The molecule has 0 saturated heterocycles. The van der Waals surface area contributed by atoms with E-state index in [0.717, 1.165) is 11.3 Å². The highest BCUT2D eigenvalue weighted by Gasteiger charge is 2.17. The number of para-hydroxylation sites is 1. The van der Waals surface area contributed by atoms with Crippen molar-refractivity contribution in [3.8, 4) is 5.75 Å². The minimum Gasteiger partial charge on any atom is -0.491 e. The van der Waals surface area contributed by atoms with Crippen LogP contribution >= 0.6 is 0 Å². The molecule has 0 unspecified atom stereocenters. The number of aryl methyl sites for hydroxylation is 2. The smallest absolute Gasteiger partial charge is 0.232 e. The highest BCUT2D eigenvalue weighted by molar-refractivity contribution is 7.92. The first-order valence-electron chi connectivity index (χ1n) is 9.27.